The van der Waals surface area contributed by atoms with Gasteiger partial charge >= 0.3 is 0 Å². The summed E-state index contributed by atoms with van der Waals surface area (Å²) in [6, 6.07) is 15.5. The van der Waals surface area contributed by atoms with Crippen molar-refractivity contribution in [2.75, 3.05) is 5.75 Å². The van der Waals surface area contributed by atoms with Crippen molar-refractivity contribution >= 4 is 48.1 Å². The lowest BCUT2D eigenvalue weighted by Crippen LogP contribution is -2.43. The highest BCUT2D eigenvalue weighted by Gasteiger charge is 2.33. The van der Waals surface area contributed by atoms with Crippen molar-refractivity contribution in [1.82, 2.24) is 0 Å². The van der Waals surface area contributed by atoms with Crippen molar-refractivity contribution in [2.24, 2.45) is 0 Å². The molecule has 0 bridgehead atoms. The molecule has 1 atom stereocenters. The maximum absolute atomic E-state index is 2.47. The van der Waals surface area contributed by atoms with E-state index in [0.717, 1.165) is 5.75 Å². The van der Waals surface area contributed by atoms with E-state index in [1.165, 1.54) is 10.1 Å². The minimum atomic E-state index is -1.52. The van der Waals surface area contributed by atoms with Gasteiger partial charge in [0.25, 0.3) is 0 Å². The second-order valence-corrected chi connectivity index (χ2v) is 13.6. The molecule has 0 fully saturated rings. The van der Waals surface area contributed by atoms with Gasteiger partial charge in [-0.15, -0.1) is 34.9 Å². The number of hydrogen-bond acceptors (Lipinski definition) is 3. The highest BCUT2D eigenvalue weighted by atomic mass is 32.2. The van der Waals surface area contributed by atoms with Crippen LogP contribution in [0.1, 0.15) is 9.46 Å². The fourth-order valence-corrected chi connectivity index (χ4v) is 10.1. The Morgan fingerprint density at radius 2 is 1.85 bits per heavy atom. The summed E-state index contributed by atoms with van der Waals surface area (Å²) in [5.41, 5.74) is 0. The molecule has 1 aromatic heterocycles. The van der Waals surface area contributed by atoms with Gasteiger partial charge in [-0.05, 0) is 16.0 Å². The van der Waals surface area contributed by atoms with Crippen LogP contribution in [0.4, 0.5) is 0 Å². The number of hydrogen-bond donors (Lipinski definition) is 0. The summed E-state index contributed by atoms with van der Waals surface area (Å²) < 4.78 is 2.23. The molecule has 0 radical (unpaired) electrons. The molecular formula is C16H18S3Si. The second kappa shape index (κ2) is 6.14. The Morgan fingerprint density at radius 1 is 1.05 bits per heavy atom. The lowest BCUT2D eigenvalue weighted by Gasteiger charge is -2.31. The molecule has 20 heavy (non-hydrogen) atoms. The molecule has 1 aliphatic heterocycles. The van der Waals surface area contributed by atoms with Gasteiger partial charge in [0, 0.05) is 10.6 Å². The molecule has 1 aliphatic rings. The third-order valence-corrected chi connectivity index (χ3v) is 12.5. The molecule has 4 heteroatoms. The van der Waals surface area contributed by atoms with Gasteiger partial charge in [-0.1, -0.05) is 60.8 Å². The summed E-state index contributed by atoms with van der Waals surface area (Å²) in [4.78, 5) is 1.50. The summed E-state index contributed by atoms with van der Waals surface area (Å²) >= 11 is 6.03. The molecule has 3 rings (SSSR count). The molecule has 104 valence electrons. The first-order valence-corrected chi connectivity index (χ1v) is 12.6. The Bertz CT molecular complexity index is 587. The average Bonchev–Trinajstić information content (AvgIpc) is 3.03. The van der Waals surface area contributed by atoms with Gasteiger partial charge in [0.05, 0.1) is 4.58 Å². The van der Waals surface area contributed by atoms with E-state index in [9.17, 15) is 0 Å². The minimum absolute atomic E-state index is 0.588. The van der Waals surface area contributed by atoms with Crippen molar-refractivity contribution in [3.05, 3.63) is 63.3 Å². The van der Waals surface area contributed by atoms with E-state index < -0.39 is 8.07 Å². The molecule has 0 nitrogen and oxygen atoms in total. The quantitative estimate of drug-likeness (QED) is 0.702. The van der Waals surface area contributed by atoms with Crippen molar-refractivity contribution in [3.8, 4) is 0 Å². The largest absolute Gasteiger partial charge is 0.147 e. The zero-order valence-corrected chi connectivity index (χ0v) is 15.2. The Morgan fingerprint density at radius 3 is 2.55 bits per heavy atom. The Kier molecular flexibility index (Phi) is 4.45. The third kappa shape index (κ3) is 2.93. The maximum atomic E-state index is 2.47. The van der Waals surface area contributed by atoms with Crippen molar-refractivity contribution in [2.45, 2.75) is 17.7 Å². The Balaban J connectivity index is 1.85. The molecule has 1 aromatic carbocycles. The van der Waals surface area contributed by atoms with Crippen LogP contribution in [0.15, 0.2) is 58.4 Å². The molecule has 0 saturated carbocycles. The van der Waals surface area contributed by atoms with Crippen LogP contribution < -0.4 is 5.19 Å². The van der Waals surface area contributed by atoms with Crippen LogP contribution in [0.3, 0.4) is 0 Å². The first-order valence-electron chi connectivity index (χ1n) is 6.76. The van der Waals surface area contributed by atoms with Crippen LogP contribution in [0.2, 0.25) is 13.1 Å². The van der Waals surface area contributed by atoms with E-state index in [1.54, 1.807) is 4.53 Å². The van der Waals surface area contributed by atoms with Crippen molar-refractivity contribution in [3.63, 3.8) is 0 Å². The minimum Gasteiger partial charge on any atom is -0.147 e. The van der Waals surface area contributed by atoms with Gasteiger partial charge < -0.3 is 0 Å². The second-order valence-electron chi connectivity index (χ2n) is 5.36. The first kappa shape index (κ1) is 14.5. The van der Waals surface area contributed by atoms with Crippen LogP contribution in [0.25, 0.3) is 0 Å². The highest BCUT2D eigenvalue weighted by Crippen LogP contribution is 2.50. The van der Waals surface area contributed by atoms with Crippen LogP contribution >= 0.6 is 34.9 Å². The first-order chi connectivity index (χ1) is 9.68. The topological polar surface area (TPSA) is 0 Å². The molecule has 0 saturated heterocycles. The molecule has 0 spiro atoms. The van der Waals surface area contributed by atoms with Crippen LogP contribution in [-0.2, 0) is 0 Å². The standard InChI is InChI=1S/C16H18S3Si/c1-20(2,13-7-4-3-5-8-13)15-10-12-18-16(19-15)14-9-6-11-17-14/h3-11,16H,12H2,1-2H3. The lowest BCUT2D eigenvalue weighted by atomic mass is 10.4. The fraction of sp³-hybridized carbons (Fsp3) is 0.250. The molecule has 0 aliphatic carbocycles. The van der Waals surface area contributed by atoms with Crippen LogP contribution in [0.5, 0.6) is 0 Å². The Labute approximate surface area is 134 Å². The number of benzene rings is 1. The molecule has 2 heterocycles. The Hall–Kier alpha value is -0.423. The lowest BCUT2D eigenvalue weighted by molar-refractivity contribution is 1.47. The highest BCUT2D eigenvalue weighted by molar-refractivity contribution is 8.20. The van der Waals surface area contributed by atoms with Gasteiger partial charge in [0.1, 0.15) is 8.07 Å². The average molecular weight is 335 g/mol. The van der Waals surface area contributed by atoms with Gasteiger partial charge in [-0.3, -0.25) is 0 Å². The summed E-state index contributed by atoms with van der Waals surface area (Å²) in [6.07, 6.45) is 2.47. The number of rotatable bonds is 3. The molecule has 0 amide bonds. The smallest absolute Gasteiger partial charge is 0.119 e. The van der Waals surface area contributed by atoms with Gasteiger partial charge in [0.2, 0.25) is 0 Å². The van der Waals surface area contributed by atoms with E-state index in [0.29, 0.717) is 4.58 Å². The molecular weight excluding hydrogens is 316 g/mol. The van der Waals surface area contributed by atoms with Crippen molar-refractivity contribution in [1.29, 1.82) is 0 Å². The summed E-state index contributed by atoms with van der Waals surface area (Å²) in [7, 11) is -1.52. The number of thioether (sulfide) groups is 2. The fourth-order valence-electron chi connectivity index (χ4n) is 2.37. The number of thiophene rings is 1. The summed E-state index contributed by atoms with van der Waals surface area (Å²) in [5, 5.41) is 3.73. The SMILES string of the molecule is C[Si](C)(C1=CCSC(c2cccs2)S1)c1ccccc1. The summed E-state index contributed by atoms with van der Waals surface area (Å²) in [6.45, 7) is 4.95. The molecule has 0 N–H and O–H groups in total. The molecule has 1 unspecified atom stereocenters. The van der Waals surface area contributed by atoms with E-state index in [-0.39, 0.29) is 0 Å². The van der Waals surface area contributed by atoms with E-state index in [1.807, 2.05) is 11.3 Å². The maximum Gasteiger partial charge on any atom is 0.119 e. The van der Waals surface area contributed by atoms with E-state index in [2.05, 4.69) is 90.5 Å². The zero-order chi connectivity index (χ0) is 14.0. The van der Waals surface area contributed by atoms with Crippen LogP contribution in [0, 0.1) is 0 Å². The van der Waals surface area contributed by atoms with E-state index in [4.69, 9.17) is 0 Å². The van der Waals surface area contributed by atoms with Crippen LogP contribution in [-0.4, -0.2) is 13.8 Å². The monoisotopic (exact) mass is 334 g/mol. The van der Waals surface area contributed by atoms with Crippen molar-refractivity contribution < 1.29 is 0 Å². The van der Waals surface area contributed by atoms with Gasteiger partial charge in [-0.25, -0.2) is 0 Å². The van der Waals surface area contributed by atoms with Gasteiger partial charge in [0.15, 0.2) is 0 Å². The zero-order valence-electron chi connectivity index (χ0n) is 11.7. The van der Waals surface area contributed by atoms with E-state index >= 15 is 0 Å². The predicted molar refractivity (Wildman–Crippen MR) is 98.8 cm³/mol. The third-order valence-electron chi connectivity index (χ3n) is 3.64. The normalized spacial score (nSPS) is 19.7. The summed E-state index contributed by atoms with van der Waals surface area (Å²) in [5.74, 6) is 1.15. The molecule has 2 aromatic rings. The predicted octanol–water partition coefficient (Wildman–Crippen LogP) is 5.27. The van der Waals surface area contributed by atoms with Gasteiger partial charge in [-0.2, -0.15) is 0 Å².